The molecule has 1 rings (SSSR count). The van der Waals surface area contributed by atoms with Crippen LogP contribution in [-0.2, 0) is 0 Å². The second-order valence-corrected chi connectivity index (χ2v) is 3.54. The molecule has 0 saturated heterocycles. The Hall–Kier alpha value is -0.960. The Morgan fingerprint density at radius 3 is 3.00 bits per heavy atom. The summed E-state index contributed by atoms with van der Waals surface area (Å²) in [5.41, 5.74) is 2.03. The molecule has 0 heterocycles. The molecule has 0 aromatic rings. The van der Waals surface area contributed by atoms with Crippen molar-refractivity contribution in [3.8, 4) is 0 Å². The number of rotatable bonds is 2. The van der Waals surface area contributed by atoms with Crippen molar-refractivity contribution in [3.05, 3.63) is 28.7 Å². The van der Waals surface area contributed by atoms with E-state index in [0.717, 1.165) is 17.6 Å². The molecule has 72 valence electrons. The Morgan fingerprint density at radius 2 is 2.46 bits per heavy atom. The molecule has 13 heavy (non-hydrogen) atoms. The third-order valence-corrected chi connectivity index (χ3v) is 2.58. The largest absolute Gasteiger partial charge is 0.392 e. The van der Waals surface area contributed by atoms with Gasteiger partial charge in [0.2, 0.25) is 0 Å². The van der Waals surface area contributed by atoms with Crippen molar-refractivity contribution in [1.29, 1.82) is 0 Å². The highest BCUT2D eigenvalue weighted by Gasteiger charge is 2.25. The molecular formula is C10H15NO2. The van der Waals surface area contributed by atoms with Gasteiger partial charge in [-0.15, -0.1) is 0 Å². The maximum atomic E-state index is 10.4. The molecule has 0 unspecified atom stereocenters. The normalized spacial score (nSPS) is 32.2. The molecule has 0 amide bonds. The first-order valence-electron chi connectivity index (χ1n) is 4.50. The minimum Gasteiger partial charge on any atom is -0.392 e. The molecule has 1 saturated carbocycles. The monoisotopic (exact) mass is 181 g/mol. The van der Waals surface area contributed by atoms with Crippen molar-refractivity contribution in [2.24, 2.45) is 11.1 Å². The summed E-state index contributed by atoms with van der Waals surface area (Å²) in [6.07, 6.45) is 3.13. The van der Waals surface area contributed by atoms with Gasteiger partial charge in [0.05, 0.1) is 12.6 Å². The lowest BCUT2D eigenvalue weighted by molar-refractivity contribution is 0.340. The molecule has 3 nitrogen and oxygen atoms in total. The minimum atomic E-state index is -0.140. The van der Waals surface area contributed by atoms with Crippen LogP contribution in [0.25, 0.3) is 0 Å². The average Bonchev–Trinajstić information content (AvgIpc) is 2.13. The first-order chi connectivity index (χ1) is 6.19. The average molecular weight is 181 g/mol. The van der Waals surface area contributed by atoms with Crippen molar-refractivity contribution < 1.29 is 5.11 Å². The number of aliphatic hydroxyl groups excluding tert-OH is 1. The van der Waals surface area contributed by atoms with Crippen LogP contribution in [0, 0.1) is 10.8 Å². The van der Waals surface area contributed by atoms with Crippen molar-refractivity contribution in [2.45, 2.75) is 25.8 Å². The lowest BCUT2D eigenvalue weighted by Crippen LogP contribution is -2.20. The molecule has 1 aliphatic rings. The standard InChI is InChI=1S/C10H15NO2/c1-7-5-10(11-13)6-9(3-4-12)8(7)2/h3,7,10,12H,2,4-6H2,1H3/b9-3-/t7-,10-/m0/s1. The maximum absolute atomic E-state index is 10.4. The summed E-state index contributed by atoms with van der Waals surface area (Å²) in [7, 11) is 0. The Kier molecular flexibility index (Phi) is 3.37. The number of aliphatic hydroxyl groups is 1. The van der Waals surface area contributed by atoms with Crippen LogP contribution < -0.4 is 0 Å². The van der Waals surface area contributed by atoms with Crippen LogP contribution in [0.2, 0.25) is 0 Å². The lowest BCUT2D eigenvalue weighted by atomic mass is 9.80. The predicted molar refractivity (Wildman–Crippen MR) is 52.3 cm³/mol. The molecular weight excluding hydrogens is 166 g/mol. The van der Waals surface area contributed by atoms with Crippen LogP contribution in [0.4, 0.5) is 0 Å². The van der Waals surface area contributed by atoms with Crippen LogP contribution in [0.15, 0.2) is 29.0 Å². The van der Waals surface area contributed by atoms with Crippen LogP contribution in [0.5, 0.6) is 0 Å². The van der Waals surface area contributed by atoms with Crippen LogP contribution in [0.1, 0.15) is 19.8 Å². The molecule has 3 heteroatoms. The zero-order chi connectivity index (χ0) is 9.84. The van der Waals surface area contributed by atoms with Gasteiger partial charge in [0.1, 0.15) is 0 Å². The zero-order valence-electron chi connectivity index (χ0n) is 7.86. The maximum Gasteiger partial charge on any atom is 0.0965 e. The van der Waals surface area contributed by atoms with E-state index in [9.17, 15) is 4.91 Å². The van der Waals surface area contributed by atoms with Gasteiger partial charge in [-0.2, -0.15) is 4.91 Å². The zero-order valence-corrected chi connectivity index (χ0v) is 7.86. The van der Waals surface area contributed by atoms with Gasteiger partial charge in [-0.1, -0.05) is 24.8 Å². The SMILES string of the molecule is C=C1/C(=C\CO)C[C@@H](N=O)C[C@@H]1C. The summed E-state index contributed by atoms with van der Waals surface area (Å²) in [5.74, 6) is 0.300. The number of nitroso groups, excluding NO2 is 1. The molecule has 0 aromatic heterocycles. The van der Waals surface area contributed by atoms with E-state index in [4.69, 9.17) is 5.11 Å². The number of hydrogen-bond donors (Lipinski definition) is 1. The van der Waals surface area contributed by atoms with Gasteiger partial charge in [0, 0.05) is 0 Å². The van der Waals surface area contributed by atoms with Crippen LogP contribution >= 0.6 is 0 Å². The minimum absolute atomic E-state index is 0.00660. The fourth-order valence-electron chi connectivity index (χ4n) is 1.74. The molecule has 1 fully saturated rings. The molecule has 2 atom stereocenters. The summed E-state index contributed by atoms with van der Waals surface area (Å²) in [5, 5.41) is 11.8. The van der Waals surface area contributed by atoms with Gasteiger partial charge < -0.3 is 5.11 Å². The molecule has 0 spiro atoms. The lowest BCUT2D eigenvalue weighted by Gasteiger charge is -2.27. The summed E-state index contributed by atoms with van der Waals surface area (Å²) in [4.78, 5) is 10.4. The third kappa shape index (κ3) is 2.25. The first-order valence-corrected chi connectivity index (χ1v) is 4.50. The molecule has 0 aliphatic heterocycles. The fourth-order valence-corrected chi connectivity index (χ4v) is 1.74. The summed E-state index contributed by atoms with van der Waals surface area (Å²) < 4.78 is 0. The number of hydrogen-bond acceptors (Lipinski definition) is 3. The van der Waals surface area contributed by atoms with E-state index in [1.807, 2.05) is 6.92 Å². The number of nitrogens with zero attached hydrogens (tertiary/aromatic N) is 1. The Bertz CT molecular complexity index is 245. The quantitative estimate of drug-likeness (QED) is 0.662. The van der Waals surface area contributed by atoms with Gasteiger partial charge in [-0.25, -0.2) is 0 Å². The first kappa shape index (κ1) is 10.1. The van der Waals surface area contributed by atoms with Gasteiger partial charge in [0.15, 0.2) is 0 Å². The Balaban J connectivity index is 2.77. The van der Waals surface area contributed by atoms with Gasteiger partial charge in [-0.05, 0) is 29.9 Å². The smallest absolute Gasteiger partial charge is 0.0965 e. The Labute approximate surface area is 78.1 Å². The third-order valence-electron chi connectivity index (χ3n) is 2.58. The molecule has 0 aromatic carbocycles. The van der Waals surface area contributed by atoms with Crippen LogP contribution in [-0.4, -0.2) is 17.8 Å². The van der Waals surface area contributed by atoms with E-state index in [0.29, 0.717) is 12.3 Å². The topological polar surface area (TPSA) is 49.7 Å². The van der Waals surface area contributed by atoms with E-state index in [1.54, 1.807) is 6.08 Å². The van der Waals surface area contributed by atoms with Gasteiger partial charge in [0.25, 0.3) is 0 Å². The van der Waals surface area contributed by atoms with E-state index in [1.165, 1.54) is 0 Å². The molecule has 0 radical (unpaired) electrons. The summed E-state index contributed by atoms with van der Waals surface area (Å²) in [6.45, 7) is 5.98. The molecule has 0 bridgehead atoms. The van der Waals surface area contributed by atoms with Crippen LogP contribution in [0.3, 0.4) is 0 Å². The second-order valence-electron chi connectivity index (χ2n) is 3.54. The van der Waals surface area contributed by atoms with E-state index < -0.39 is 0 Å². The number of allylic oxidation sites excluding steroid dienone is 1. The summed E-state index contributed by atoms with van der Waals surface area (Å²) in [6, 6.07) is -0.140. The van der Waals surface area contributed by atoms with Gasteiger partial charge in [-0.3, -0.25) is 0 Å². The van der Waals surface area contributed by atoms with E-state index in [-0.39, 0.29) is 12.6 Å². The molecule has 1 N–H and O–H groups in total. The van der Waals surface area contributed by atoms with E-state index in [2.05, 4.69) is 11.8 Å². The van der Waals surface area contributed by atoms with Crippen molar-refractivity contribution >= 4 is 0 Å². The predicted octanol–water partition coefficient (Wildman–Crippen LogP) is 2.03. The van der Waals surface area contributed by atoms with Crippen molar-refractivity contribution in [2.75, 3.05) is 6.61 Å². The molecule has 1 aliphatic carbocycles. The van der Waals surface area contributed by atoms with Crippen molar-refractivity contribution in [1.82, 2.24) is 0 Å². The second kappa shape index (κ2) is 4.33. The Morgan fingerprint density at radius 1 is 1.77 bits per heavy atom. The highest BCUT2D eigenvalue weighted by atomic mass is 16.3. The van der Waals surface area contributed by atoms with Crippen molar-refractivity contribution in [3.63, 3.8) is 0 Å². The highest BCUT2D eigenvalue weighted by Crippen LogP contribution is 2.33. The summed E-state index contributed by atoms with van der Waals surface area (Å²) >= 11 is 0. The van der Waals surface area contributed by atoms with E-state index >= 15 is 0 Å². The fraction of sp³-hybridized carbons (Fsp3) is 0.600. The highest BCUT2D eigenvalue weighted by molar-refractivity contribution is 5.33. The van der Waals surface area contributed by atoms with Gasteiger partial charge >= 0.3 is 0 Å².